The number of anilines is 2. The number of amides is 1. The fraction of sp³-hybridized carbons (Fsp3) is 0.211. The molecule has 2 N–H and O–H groups in total. The number of hydrogen-bond acceptors (Lipinski definition) is 6. The van der Waals surface area contributed by atoms with E-state index < -0.39 is 10.0 Å². The molecule has 0 radical (unpaired) electrons. The van der Waals surface area contributed by atoms with Crippen LogP contribution in [0.25, 0.3) is 0 Å². The quantitative estimate of drug-likeness (QED) is 0.658. The average Bonchev–Trinajstić information content (AvgIpc) is 3.08. The van der Waals surface area contributed by atoms with Gasteiger partial charge in [-0.1, -0.05) is 35.1 Å². The van der Waals surface area contributed by atoms with Gasteiger partial charge in [-0.3, -0.25) is 14.8 Å². The molecule has 1 heterocycles. The highest BCUT2D eigenvalue weighted by Gasteiger charge is 2.21. The van der Waals surface area contributed by atoms with E-state index in [9.17, 15) is 13.2 Å². The monoisotopic (exact) mass is 416 g/mol. The number of nitrogens with one attached hydrogen (secondary N) is 2. The van der Waals surface area contributed by atoms with Crippen LogP contribution in [0.4, 0.5) is 10.8 Å². The first-order valence-electron chi connectivity index (χ1n) is 8.46. The minimum Gasteiger partial charge on any atom is -0.296 e. The molecule has 0 aliphatic carbocycles. The number of nitrogens with zero attached hydrogens (tertiary/aromatic N) is 2. The van der Waals surface area contributed by atoms with Gasteiger partial charge in [0, 0.05) is 5.56 Å². The summed E-state index contributed by atoms with van der Waals surface area (Å²) in [6.07, 6.45) is 0. The number of rotatable bonds is 5. The Morgan fingerprint density at radius 3 is 2.29 bits per heavy atom. The predicted octanol–water partition coefficient (Wildman–Crippen LogP) is 3.82. The van der Waals surface area contributed by atoms with Gasteiger partial charge in [-0.15, -0.1) is 10.2 Å². The van der Waals surface area contributed by atoms with Crippen LogP contribution < -0.4 is 10.0 Å². The molecule has 0 unspecified atom stereocenters. The van der Waals surface area contributed by atoms with Gasteiger partial charge in [0.1, 0.15) is 5.51 Å². The van der Waals surface area contributed by atoms with Crippen molar-refractivity contribution in [2.24, 2.45) is 0 Å². The van der Waals surface area contributed by atoms with Gasteiger partial charge in [-0.25, -0.2) is 8.42 Å². The maximum atomic E-state index is 13.0. The van der Waals surface area contributed by atoms with Crippen molar-refractivity contribution in [1.29, 1.82) is 0 Å². The number of carbonyl (C=O) groups excluding carboxylic acids is 1. The zero-order valence-corrected chi connectivity index (χ0v) is 17.5. The third-order valence-corrected chi connectivity index (χ3v) is 6.47. The zero-order chi connectivity index (χ0) is 20.5. The molecule has 1 amide bonds. The van der Waals surface area contributed by atoms with E-state index in [0.717, 1.165) is 5.56 Å². The number of benzene rings is 2. The van der Waals surface area contributed by atoms with Gasteiger partial charge in [-0.2, -0.15) is 0 Å². The van der Waals surface area contributed by atoms with Crippen LogP contribution in [0.15, 0.2) is 40.7 Å². The molecule has 28 heavy (non-hydrogen) atoms. The molecule has 0 aliphatic heterocycles. The summed E-state index contributed by atoms with van der Waals surface area (Å²) >= 11 is 1.20. The van der Waals surface area contributed by atoms with Crippen LogP contribution in [0, 0.1) is 27.7 Å². The normalized spacial score (nSPS) is 11.3. The van der Waals surface area contributed by atoms with Crippen molar-refractivity contribution in [2.75, 3.05) is 10.0 Å². The van der Waals surface area contributed by atoms with Crippen molar-refractivity contribution in [3.8, 4) is 0 Å². The molecule has 0 spiro atoms. The van der Waals surface area contributed by atoms with E-state index in [1.54, 1.807) is 32.9 Å². The second-order valence-electron chi connectivity index (χ2n) is 6.56. The lowest BCUT2D eigenvalue weighted by Crippen LogP contribution is -2.18. The Hall–Kier alpha value is -2.78. The minimum absolute atomic E-state index is 0.251. The molecule has 146 valence electrons. The van der Waals surface area contributed by atoms with Crippen LogP contribution in [-0.4, -0.2) is 24.5 Å². The average molecular weight is 417 g/mol. The summed E-state index contributed by atoms with van der Waals surface area (Å²) in [7, 11) is -3.81. The second kappa shape index (κ2) is 7.69. The highest BCUT2D eigenvalue weighted by Crippen LogP contribution is 2.26. The summed E-state index contributed by atoms with van der Waals surface area (Å²) in [5, 5.41) is 10.4. The molecule has 2 aromatic carbocycles. The molecule has 1 aromatic heterocycles. The van der Waals surface area contributed by atoms with E-state index in [4.69, 9.17) is 0 Å². The molecular weight excluding hydrogens is 396 g/mol. The summed E-state index contributed by atoms with van der Waals surface area (Å²) in [5.74, 6) is -0.389. The van der Waals surface area contributed by atoms with Gasteiger partial charge in [0.2, 0.25) is 5.13 Å². The Labute approximate surface area is 167 Å². The SMILES string of the molecule is Cc1cc(C)c(S(=O)(=O)Nc2cc(C(=O)Nc3nncs3)ccc2C)c(C)c1. The zero-order valence-electron chi connectivity index (χ0n) is 15.9. The van der Waals surface area contributed by atoms with E-state index in [1.807, 2.05) is 19.1 Å². The summed E-state index contributed by atoms with van der Waals surface area (Å²) in [6, 6.07) is 8.51. The highest BCUT2D eigenvalue weighted by molar-refractivity contribution is 7.92. The minimum atomic E-state index is -3.81. The first-order chi connectivity index (χ1) is 13.2. The Kier molecular flexibility index (Phi) is 5.48. The molecule has 0 fully saturated rings. The van der Waals surface area contributed by atoms with Crippen LogP contribution in [0.3, 0.4) is 0 Å². The Balaban J connectivity index is 1.93. The van der Waals surface area contributed by atoms with E-state index >= 15 is 0 Å². The lowest BCUT2D eigenvalue weighted by atomic mass is 10.1. The van der Waals surface area contributed by atoms with Crippen LogP contribution in [0.5, 0.6) is 0 Å². The van der Waals surface area contributed by atoms with Crippen LogP contribution >= 0.6 is 11.3 Å². The molecule has 3 aromatic rings. The topological polar surface area (TPSA) is 101 Å². The number of aryl methyl sites for hydroxylation is 4. The summed E-state index contributed by atoms with van der Waals surface area (Å²) < 4.78 is 28.7. The number of aromatic nitrogens is 2. The van der Waals surface area contributed by atoms with E-state index in [-0.39, 0.29) is 10.8 Å². The Morgan fingerprint density at radius 1 is 1.00 bits per heavy atom. The Morgan fingerprint density at radius 2 is 1.68 bits per heavy atom. The predicted molar refractivity (Wildman–Crippen MR) is 111 cm³/mol. The standard InChI is InChI=1S/C19H20N4O3S2/c1-11-7-13(3)17(14(4)8-11)28(25,26)23-16-9-15(6-5-12(16)2)18(24)21-19-22-20-10-27-19/h5-10,23H,1-4H3,(H,21,22,24). The van der Waals surface area contributed by atoms with E-state index in [2.05, 4.69) is 20.2 Å². The highest BCUT2D eigenvalue weighted by atomic mass is 32.2. The molecular formula is C19H20N4O3S2. The fourth-order valence-corrected chi connectivity index (χ4v) is 5.07. The van der Waals surface area contributed by atoms with Crippen molar-refractivity contribution < 1.29 is 13.2 Å². The fourth-order valence-electron chi connectivity index (χ4n) is 3.06. The van der Waals surface area contributed by atoms with Crippen molar-refractivity contribution in [2.45, 2.75) is 32.6 Å². The van der Waals surface area contributed by atoms with Crippen LogP contribution in [0.2, 0.25) is 0 Å². The van der Waals surface area contributed by atoms with E-state index in [0.29, 0.717) is 33.1 Å². The van der Waals surface area contributed by atoms with Gasteiger partial charge in [0.25, 0.3) is 15.9 Å². The van der Waals surface area contributed by atoms with Crippen molar-refractivity contribution in [3.63, 3.8) is 0 Å². The van der Waals surface area contributed by atoms with Gasteiger partial charge >= 0.3 is 0 Å². The number of carbonyl (C=O) groups is 1. The lowest BCUT2D eigenvalue weighted by Gasteiger charge is -2.16. The summed E-state index contributed by atoms with van der Waals surface area (Å²) in [4.78, 5) is 12.7. The first-order valence-corrected chi connectivity index (χ1v) is 10.8. The largest absolute Gasteiger partial charge is 0.296 e. The number of sulfonamides is 1. The summed E-state index contributed by atoms with van der Waals surface area (Å²) in [5.41, 5.74) is 5.23. The van der Waals surface area contributed by atoms with Crippen molar-refractivity contribution >= 4 is 38.1 Å². The Bertz CT molecular complexity index is 1120. The smallest absolute Gasteiger partial charge is 0.262 e. The lowest BCUT2D eigenvalue weighted by molar-refractivity contribution is 0.102. The van der Waals surface area contributed by atoms with Gasteiger partial charge < -0.3 is 0 Å². The van der Waals surface area contributed by atoms with Gasteiger partial charge in [-0.05, 0) is 56.5 Å². The van der Waals surface area contributed by atoms with Crippen LogP contribution in [-0.2, 0) is 10.0 Å². The second-order valence-corrected chi connectivity index (χ2v) is 9.01. The molecule has 0 saturated carbocycles. The van der Waals surface area contributed by atoms with Gasteiger partial charge in [0.15, 0.2) is 0 Å². The third-order valence-electron chi connectivity index (χ3n) is 4.20. The molecule has 0 saturated heterocycles. The molecule has 9 heteroatoms. The van der Waals surface area contributed by atoms with Crippen molar-refractivity contribution in [3.05, 3.63) is 63.7 Å². The molecule has 0 bridgehead atoms. The molecule has 0 aliphatic rings. The summed E-state index contributed by atoms with van der Waals surface area (Å²) in [6.45, 7) is 7.24. The maximum Gasteiger partial charge on any atom is 0.262 e. The number of hydrogen-bond donors (Lipinski definition) is 2. The van der Waals surface area contributed by atoms with Crippen LogP contribution in [0.1, 0.15) is 32.6 Å². The first kappa shape index (κ1) is 20.0. The van der Waals surface area contributed by atoms with Gasteiger partial charge in [0.05, 0.1) is 10.6 Å². The van der Waals surface area contributed by atoms with E-state index in [1.165, 1.54) is 22.9 Å². The third kappa shape index (κ3) is 4.20. The van der Waals surface area contributed by atoms with Crippen molar-refractivity contribution in [1.82, 2.24) is 10.2 Å². The molecule has 0 atom stereocenters. The maximum absolute atomic E-state index is 13.0. The molecule has 3 rings (SSSR count). The molecule has 7 nitrogen and oxygen atoms in total.